The summed E-state index contributed by atoms with van der Waals surface area (Å²) >= 11 is 6.77. The number of carbonyl (C=O) groups is 1. The molecule has 2 aliphatic heterocycles. The normalized spacial score (nSPS) is 12.6. The van der Waals surface area contributed by atoms with Crippen molar-refractivity contribution in [3.05, 3.63) is 139 Å². The van der Waals surface area contributed by atoms with E-state index in [-0.39, 0.29) is 28.9 Å². The molecule has 0 unspecified atom stereocenters. The number of halogens is 4. The van der Waals surface area contributed by atoms with Crippen molar-refractivity contribution in [2.24, 2.45) is 7.05 Å². The van der Waals surface area contributed by atoms with Crippen LogP contribution in [0.25, 0.3) is 38.5 Å². The number of pyridine rings is 1. The maximum Gasteiger partial charge on any atom is 0.359 e. The van der Waals surface area contributed by atoms with Crippen LogP contribution in [0.4, 0.5) is 24.8 Å². The fraction of sp³-hybridized carbons (Fsp3) is 0.0857. The molecule has 0 fully saturated rings. The molecule has 0 radical (unpaired) electrons. The van der Waals surface area contributed by atoms with Gasteiger partial charge in [0.25, 0.3) is 5.91 Å². The molecule has 2 N–H and O–H groups in total. The number of carbonyl (C=O) groups excluding carboxylic acids is 1. The lowest BCUT2D eigenvalue weighted by Crippen LogP contribution is -2.42. The van der Waals surface area contributed by atoms with Gasteiger partial charge in [0.15, 0.2) is 11.6 Å². The van der Waals surface area contributed by atoms with Gasteiger partial charge in [-0.25, -0.2) is 27.3 Å². The quantitative estimate of drug-likeness (QED) is 0.226. The van der Waals surface area contributed by atoms with Gasteiger partial charge >= 0.3 is 11.4 Å². The van der Waals surface area contributed by atoms with Gasteiger partial charge in [-0.1, -0.05) is 41.9 Å². The van der Waals surface area contributed by atoms with Crippen LogP contribution in [-0.4, -0.2) is 34.8 Å². The maximum atomic E-state index is 15.1. The predicted octanol–water partition coefficient (Wildman–Crippen LogP) is 5.60. The van der Waals surface area contributed by atoms with Crippen molar-refractivity contribution in [2.45, 2.75) is 13.1 Å². The molecule has 4 aromatic carbocycles. The number of benzene rings is 4. The van der Waals surface area contributed by atoms with Crippen molar-refractivity contribution in [2.75, 3.05) is 5.32 Å². The molecule has 0 saturated heterocycles. The van der Waals surface area contributed by atoms with Gasteiger partial charge in [-0.2, -0.15) is 10.1 Å². The van der Waals surface area contributed by atoms with E-state index in [0.717, 1.165) is 9.13 Å². The van der Waals surface area contributed by atoms with E-state index in [1.807, 2.05) is 0 Å². The third kappa shape index (κ3) is 5.08. The molecule has 0 atom stereocenters. The first-order valence-corrected chi connectivity index (χ1v) is 15.5. The topological polar surface area (TPSA) is 129 Å². The summed E-state index contributed by atoms with van der Waals surface area (Å²) in [6.45, 7) is -0.763. The van der Waals surface area contributed by atoms with Crippen LogP contribution in [0.3, 0.4) is 0 Å². The molecule has 0 spiro atoms. The van der Waals surface area contributed by atoms with Crippen molar-refractivity contribution >= 4 is 50.8 Å². The largest absolute Gasteiger partial charge is 0.359 e. The number of aromatic nitrogens is 6. The first kappa shape index (κ1) is 31.0. The Morgan fingerprint density at radius 2 is 1.70 bits per heavy atom. The zero-order chi connectivity index (χ0) is 34.8. The highest BCUT2D eigenvalue weighted by atomic mass is 35.5. The lowest BCUT2D eigenvalue weighted by molar-refractivity contribution is 0.0951. The van der Waals surface area contributed by atoms with Gasteiger partial charge < -0.3 is 10.6 Å². The van der Waals surface area contributed by atoms with Crippen LogP contribution in [0.1, 0.15) is 21.5 Å². The van der Waals surface area contributed by atoms with Crippen LogP contribution >= 0.6 is 11.6 Å². The van der Waals surface area contributed by atoms with Crippen LogP contribution < -0.4 is 22.0 Å². The summed E-state index contributed by atoms with van der Waals surface area (Å²) in [6.07, 6.45) is 4.58. The molecule has 3 aromatic heterocycles. The number of hydrogen-bond donors (Lipinski definition) is 2. The second-order valence-corrected chi connectivity index (χ2v) is 12.1. The number of nitrogens with zero attached hydrogens (tertiary/aromatic N) is 6. The van der Waals surface area contributed by atoms with E-state index in [1.54, 1.807) is 72.7 Å². The first-order chi connectivity index (χ1) is 24.1. The molecule has 50 heavy (non-hydrogen) atoms. The summed E-state index contributed by atoms with van der Waals surface area (Å²) in [6, 6.07) is 14.7. The average molecular weight is 695 g/mol. The Bertz CT molecular complexity index is 2700. The van der Waals surface area contributed by atoms with Gasteiger partial charge in [-0.05, 0) is 35.4 Å². The number of rotatable bonds is 2. The van der Waals surface area contributed by atoms with E-state index in [9.17, 15) is 23.2 Å². The second kappa shape index (κ2) is 11.7. The van der Waals surface area contributed by atoms with Crippen LogP contribution in [0.2, 0.25) is 5.02 Å². The van der Waals surface area contributed by atoms with Crippen LogP contribution in [0, 0.1) is 17.5 Å². The molecule has 4 bridgehead atoms. The Morgan fingerprint density at radius 3 is 2.54 bits per heavy atom. The lowest BCUT2D eigenvalue weighted by atomic mass is 9.96. The minimum Gasteiger partial charge on any atom is -0.348 e. The molecule has 2 aliphatic rings. The van der Waals surface area contributed by atoms with Crippen LogP contribution in [0.15, 0.2) is 88.8 Å². The van der Waals surface area contributed by atoms with Gasteiger partial charge in [0.2, 0.25) is 5.95 Å². The van der Waals surface area contributed by atoms with E-state index in [4.69, 9.17) is 11.6 Å². The van der Waals surface area contributed by atoms with Crippen molar-refractivity contribution in [1.82, 2.24) is 34.2 Å². The summed E-state index contributed by atoms with van der Waals surface area (Å²) in [5, 5.41) is 12.0. The van der Waals surface area contributed by atoms with Gasteiger partial charge in [-0.3, -0.25) is 19.0 Å². The highest BCUT2D eigenvalue weighted by molar-refractivity contribution is 6.34. The third-order valence-corrected chi connectivity index (χ3v) is 8.88. The summed E-state index contributed by atoms with van der Waals surface area (Å²) in [4.78, 5) is 50.6. The van der Waals surface area contributed by atoms with E-state index in [0.29, 0.717) is 56.1 Å². The highest BCUT2D eigenvalue weighted by Gasteiger charge is 2.24. The van der Waals surface area contributed by atoms with Gasteiger partial charge in [0.1, 0.15) is 5.82 Å². The van der Waals surface area contributed by atoms with Crippen LogP contribution in [-0.2, 0) is 20.1 Å². The summed E-state index contributed by atoms with van der Waals surface area (Å²) in [5.74, 6) is -4.67. The lowest BCUT2D eigenvalue weighted by Gasteiger charge is -2.20. The highest BCUT2D eigenvalue weighted by Crippen LogP contribution is 2.36. The molecule has 11 nitrogen and oxygen atoms in total. The molecule has 1 amide bonds. The minimum absolute atomic E-state index is 0.0455. The van der Waals surface area contributed by atoms with Gasteiger partial charge in [-0.15, -0.1) is 0 Å². The third-order valence-electron chi connectivity index (χ3n) is 8.58. The number of nitrogens with one attached hydrogen (secondary N) is 2. The van der Waals surface area contributed by atoms with E-state index in [2.05, 4.69) is 25.7 Å². The molecule has 0 saturated carbocycles. The van der Waals surface area contributed by atoms with Crippen LogP contribution in [0.5, 0.6) is 0 Å². The van der Waals surface area contributed by atoms with Crippen molar-refractivity contribution in [3.63, 3.8) is 0 Å². The zero-order valence-corrected chi connectivity index (χ0v) is 26.6. The van der Waals surface area contributed by atoms with Gasteiger partial charge in [0.05, 0.1) is 34.7 Å². The average Bonchev–Trinajstić information content (AvgIpc) is 3.47. The number of amides is 1. The molecule has 15 heteroatoms. The van der Waals surface area contributed by atoms with Crippen molar-refractivity contribution in [1.29, 1.82) is 0 Å². The smallest absolute Gasteiger partial charge is 0.348 e. The summed E-state index contributed by atoms with van der Waals surface area (Å²) in [5.41, 5.74) is 0.241. The Kier molecular flexibility index (Phi) is 7.26. The first-order valence-electron chi connectivity index (χ1n) is 15.1. The Hall–Kier alpha value is -6.28. The molecule has 0 aliphatic carbocycles. The Morgan fingerprint density at radius 1 is 0.920 bits per heavy atom. The molecule has 248 valence electrons. The number of aryl methyl sites for hydroxylation is 1. The standard InChI is InChI=1S/C35H22ClF3N8O3/c1-45-16-23-22-13-41-32(48)18-5-2-4-17(8-18)21-7-3-6-19-12-40-14-29(30(19)21)47-34(49)43-33(42-31(22)24(36)10-28(23)44-45)46(35(47)50)15-20-9-26(38)27(39)11-25(20)37/h2-12,14,16H,13,15H2,1H3,(H,41,48)(H,42,43,49). The molecule has 7 aromatic rings. The maximum absolute atomic E-state index is 15.1. The molecular formula is C35H22ClF3N8O3. The second-order valence-electron chi connectivity index (χ2n) is 11.7. The fourth-order valence-corrected chi connectivity index (χ4v) is 6.53. The van der Waals surface area contributed by atoms with Crippen molar-refractivity contribution < 1.29 is 18.0 Å². The molecule has 9 rings (SSSR count). The number of anilines is 2. The monoisotopic (exact) mass is 694 g/mol. The fourth-order valence-electron chi connectivity index (χ4n) is 6.26. The Balaban J connectivity index is 1.48. The molecule has 5 heterocycles. The van der Waals surface area contributed by atoms with E-state index < -0.39 is 46.8 Å². The molecular weight excluding hydrogens is 673 g/mol. The van der Waals surface area contributed by atoms with Gasteiger partial charge in [0, 0.05) is 64.9 Å². The van der Waals surface area contributed by atoms with Crippen molar-refractivity contribution in [3.8, 4) is 16.8 Å². The van der Waals surface area contributed by atoms with E-state index in [1.165, 1.54) is 6.20 Å². The Labute approximate surface area is 284 Å². The van der Waals surface area contributed by atoms with E-state index >= 15 is 4.39 Å². The number of hydrogen-bond acceptors (Lipinski definition) is 7. The SMILES string of the molecule is Cn1cc2c3c(c(Cl)cc2n1)Nc1nc(=O)n(c(=O)n1Cc1cc(F)c(F)cc1F)-c1cncc2cccc(c12)-c1cccc(c1)C(=O)NC3. The zero-order valence-electron chi connectivity index (χ0n) is 25.8. The summed E-state index contributed by atoms with van der Waals surface area (Å²) < 4.78 is 46.6. The summed E-state index contributed by atoms with van der Waals surface area (Å²) in [7, 11) is 1.70. The minimum atomic E-state index is -1.41. The predicted molar refractivity (Wildman–Crippen MR) is 180 cm³/mol. The number of fused-ring (bicyclic) bond motifs is 5.